The minimum Gasteiger partial charge on any atom is -0.508 e. The normalized spacial score (nSPS) is 9.62. The highest BCUT2D eigenvalue weighted by atomic mass is 32.2. The van der Waals surface area contributed by atoms with Crippen molar-refractivity contribution in [3.05, 3.63) is 23.8 Å². The number of hydrogen-bond donors (Lipinski definition) is 1. The molecule has 1 aromatic carbocycles. The van der Waals surface area contributed by atoms with Gasteiger partial charge in [0.05, 0.1) is 5.69 Å². The average molecular weight is 199 g/mol. The number of phenols is 1. The maximum absolute atomic E-state index is 10.3. The Morgan fingerprint density at radius 3 is 2.69 bits per heavy atom. The quantitative estimate of drug-likeness (QED) is 0.787. The zero-order valence-corrected chi connectivity index (χ0v) is 7.87. The molecule has 0 bridgehead atoms. The summed E-state index contributed by atoms with van der Waals surface area (Å²) in [5.74, 6) is 0.118. The molecule has 0 radical (unpaired) electrons. The molecule has 0 aliphatic rings. The third-order valence-corrected chi connectivity index (χ3v) is 1.96. The zero-order valence-electron chi connectivity index (χ0n) is 7.06. The van der Waals surface area contributed by atoms with Crippen LogP contribution in [0.4, 0.5) is 5.69 Å². The summed E-state index contributed by atoms with van der Waals surface area (Å²) in [6, 6.07) is 4.39. The Kier molecular flexibility index (Phi) is 3.02. The van der Waals surface area contributed by atoms with Crippen molar-refractivity contribution in [3.8, 4) is 5.75 Å². The van der Waals surface area contributed by atoms with Gasteiger partial charge in [-0.1, -0.05) is 6.92 Å². The molecular weight excluding hydrogens is 190 g/mol. The molecular formula is C8H9NO3S. The second-order valence-corrected chi connectivity index (χ2v) is 3.09. The third kappa shape index (κ3) is 2.55. The van der Waals surface area contributed by atoms with E-state index in [0.29, 0.717) is 17.7 Å². The average Bonchev–Trinajstić information content (AvgIpc) is 2.07. The second-order valence-electron chi connectivity index (χ2n) is 2.47. The summed E-state index contributed by atoms with van der Waals surface area (Å²) < 4.78 is 24.0. The molecule has 70 valence electrons. The van der Waals surface area contributed by atoms with Gasteiger partial charge >= 0.3 is 10.5 Å². The van der Waals surface area contributed by atoms with Crippen LogP contribution in [0.3, 0.4) is 0 Å². The van der Waals surface area contributed by atoms with E-state index in [4.69, 9.17) is 5.11 Å². The van der Waals surface area contributed by atoms with Gasteiger partial charge in [-0.15, -0.1) is 4.36 Å². The van der Waals surface area contributed by atoms with Crippen LogP contribution < -0.4 is 0 Å². The summed E-state index contributed by atoms with van der Waals surface area (Å²) in [6.07, 6.45) is 0.629. The number of rotatable bonds is 2. The molecule has 1 N–H and O–H groups in total. The molecule has 0 aromatic heterocycles. The number of aromatic hydroxyl groups is 1. The predicted octanol–water partition coefficient (Wildman–Crippen LogP) is 1.65. The van der Waals surface area contributed by atoms with Crippen molar-refractivity contribution >= 4 is 16.2 Å². The summed E-state index contributed by atoms with van der Waals surface area (Å²) in [6.45, 7) is 1.86. The third-order valence-electron chi connectivity index (χ3n) is 1.62. The van der Waals surface area contributed by atoms with E-state index in [2.05, 4.69) is 4.36 Å². The number of aryl methyl sites for hydroxylation is 1. The van der Waals surface area contributed by atoms with Crippen LogP contribution in [0.5, 0.6) is 5.75 Å². The molecule has 0 aliphatic carbocycles. The van der Waals surface area contributed by atoms with Crippen molar-refractivity contribution in [2.75, 3.05) is 0 Å². The van der Waals surface area contributed by atoms with Crippen LogP contribution >= 0.6 is 0 Å². The first kappa shape index (κ1) is 9.73. The van der Waals surface area contributed by atoms with Gasteiger partial charge in [0.1, 0.15) is 5.75 Å². The zero-order chi connectivity index (χ0) is 9.84. The molecule has 0 amide bonds. The number of phenolic OH excluding ortho intramolecular Hbond substituents is 1. The summed E-state index contributed by atoms with van der Waals surface area (Å²) in [4.78, 5) is 0. The summed E-state index contributed by atoms with van der Waals surface area (Å²) in [7, 11) is -2.44. The fraction of sp³-hybridized carbons (Fsp3) is 0.250. The van der Waals surface area contributed by atoms with Gasteiger partial charge in [0.15, 0.2) is 0 Å². The van der Waals surface area contributed by atoms with E-state index in [-0.39, 0.29) is 5.75 Å². The van der Waals surface area contributed by atoms with Gasteiger partial charge in [-0.3, -0.25) is 0 Å². The van der Waals surface area contributed by atoms with E-state index in [1.54, 1.807) is 0 Å². The van der Waals surface area contributed by atoms with Gasteiger partial charge in [-0.2, -0.15) is 8.42 Å². The van der Waals surface area contributed by atoms with E-state index in [9.17, 15) is 8.42 Å². The molecule has 0 saturated heterocycles. The first-order valence-corrected chi connectivity index (χ1v) is 4.79. The molecule has 0 aliphatic heterocycles. The molecule has 0 fully saturated rings. The second kappa shape index (κ2) is 4.04. The Morgan fingerprint density at radius 2 is 2.15 bits per heavy atom. The van der Waals surface area contributed by atoms with Crippen LogP contribution in [0.1, 0.15) is 12.5 Å². The van der Waals surface area contributed by atoms with Gasteiger partial charge in [0.2, 0.25) is 0 Å². The Morgan fingerprint density at radius 1 is 1.46 bits per heavy atom. The van der Waals surface area contributed by atoms with Crippen molar-refractivity contribution in [2.45, 2.75) is 13.3 Å². The largest absolute Gasteiger partial charge is 0.508 e. The van der Waals surface area contributed by atoms with Gasteiger partial charge in [0, 0.05) is 0 Å². The first-order chi connectivity index (χ1) is 6.13. The summed E-state index contributed by atoms with van der Waals surface area (Å²) in [5, 5.41) is 9.11. The molecule has 0 heterocycles. The Hall–Kier alpha value is -1.36. The minimum atomic E-state index is -2.44. The van der Waals surface area contributed by atoms with Crippen LogP contribution in [0.25, 0.3) is 0 Å². The first-order valence-electron chi connectivity index (χ1n) is 3.76. The molecule has 0 atom stereocenters. The van der Waals surface area contributed by atoms with Crippen LogP contribution in [0, 0.1) is 0 Å². The Bertz CT molecular complexity index is 429. The highest BCUT2D eigenvalue weighted by molar-refractivity contribution is 7.61. The van der Waals surface area contributed by atoms with E-state index < -0.39 is 10.5 Å². The van der Waals surface area contributed by atoms with Gasteiger partial charge in [-0.25, -0.2) is 0 Å². The van der Waals surface area contributed by atoms with Crippen LogP contribution in [-0.2, 0) is 16.9 Å². The van der Waals surface area contributed by atoms with Crippen LogP contribution in [0.2, 0.25) is 0 Å². The lowest BCUT2D eigenvalue weighted by molar-refractivity contribution is 0.474. The topological polar surface area (TPSA) is 66.7 Å². The number of nitrogens with zero attached hydrogens (tertiary/aromatic N) is 1. The van der Waals surface area contributed by atoms with E-state index >= 15 is 0 Å². The van der Waals surface area contributed by atoms with Crippen molar-refractivity contribution < 1.29 is 13.5 Å². The lowest BCUT2D eigenvalue weighted by atomic mass is 10.1. The fourth-order valence-electron chi connectivity index (χ4n) is 1.02. The summed E-state index contributed by atoms with van der Waals surface area (Å²) >= 11 is 0. The highest BCUT2D eigenvalue weighted by Gasteiger charge is 2.00. The van der Waals surface area contributed by atoms with Crippen molar-refractivity contribution in [1.82, 2.24) is 0 Å². The maximum Gasteiger partial charge on any atom is 0.316 e. The molecule has 0 unspecified atom stereocenters. The molecule has 0 spiro atoms. The lowest BCUT2D eigenvalue weighted by Gasteiger charge is -2.00. The molecule has 5 heteroatoms. The van der Waals surface area contributed by atoms with E-state index in [1.807, 2.05) is 6.92 Å². The summed E-state index contributed by atoms with van der Waals surface area (Å²) in [5.41, 5.74) is 1.10. The van der Waals surface area contributed by atoms with Crippen molar-refractivity contribution in [2.24, 2.45) is 4.36 Å². The molecule has 0 saturated carbocycles. The number of hydrogen-bond acceptors (Lipinski definition) is 4. The lowest BCUT2D eigenvalue weighted by Crippen LogP contribution is -1.80. The van der Waals surface area contributed by atoms with Gasteiger partial charge < -0.3 is 5.11 Å². The maximum atomic E-state index is 10.3. The predicted molar refractivity (Wildman–Crippen MR) is 48.5 cm³/mol. The molecule has 1 rings (SSSR count). The molecule has 1 aromatic rings. The fourth-order valence-corrected chi connectivity index (χ4v) is 1.36. The van der Waals surface area contributed by atoms with Crippen LogP contribution in [0.15, 0.2) is 22.6 Å². The molecule has 13 heavy (non-hydrogen) atoms. The van der Waals surface area contributed by atoms with Crippen LogP contribution in [-0.4, -0.2) is 13.5 Å². The van der Waals surface area contributed by atoms with Crippen molar-refractivity contribution in [3.63, 3.8) is 0 Å². The van der Waals surface area contributed by atoms with Gasteiger partial charge in [0.25, 0.3) is 0 Å². The van der Waals surface area contributed by atoms with Gasteiger partial charge in [-0.05, 0) is 30.2 Å². The van der Waals surface area contributed by atoms with E-state index in [0.717, 1.165) is 0 Å². The molecule has 4 nitrogen and oxygen atoms in total. The Labute approximate surface area is 77.5 Å². The SMILES string of the molecule is CCc1cc(O)ccc1N=S(=O)=O. The highest BCUT2D eigenvalue weighted by Crippen LogP contribution is 2.23. The number of benzene rings is 1. The smallest absolute Gasteiger partial charge is 0.316 e. The standard InChI is InChI=1S/C8H9NO3S/c1-2-6-5-7(10)3-4-8(6)9-13(11)12/h3-5,10H,2H2,1H3. The monoisotopic (exact) mass is 199 g/mol. The van der Waals surface area contributed by atoms with E-state index in [1.165, 1.54) is 18.2 Å². The Balaban J connectivity index is 3.29. The van der Waals surface area contributed by atoms with Crippen molar-refractivity contribution in [1.29, 1.82) is 0 Å². The minimum absolute atomic E-state index is 0.118.